The Bertz CT molecular complexity index is 779. The van der Waals surface area contributed by atoms with Crippen LogP contribution in [0.2, 0.25) is 0 Å². The smallest absolute Gasteiger partial charge is 0.248 e. The molecule has 108 valence electrons. The number of halogens is 1. The number of benzene rings is 1. The molecule has 2 heterocycles. The number of nitrogens with zero attached hydrogens (tertiary/aromatic N) is 4. The Hall–Kier alpha value is -2.54. The van der Waals surface area contributed by atoms with Gasteiger partial charge in [0.05, 0.1) is 6.20 Å². The molecule has 1 aromatic carbocycles. The molecule has 3 rings (SSSR count). The van der Waals surface area contributed by atoms with E-state index in [-0.39, 0.29) is 5.82 Å². The number of rotatable bonds is 3. The van der Waals surface area contributed by atoms with Gasteiger partial charge in [-0.15, -0.1) is 0 Å². The van der Waals surface area contributed by atoms with Crippen molar-refractivity contribution >= 4 is 0 Å². The lowest BCUT2D eigenvalue weighted by molar-refractivity contribution is 0.367. The van der Waals surface area contributed by atoms with Crippen molar-refractivity contribution in [2.24, 2.45) is 12.8 Å². The monoisotopic (exact) mass is 287 g/mol. The number of hydrogen-bond acceptors (Lipinski definition) is 5. The van der Waals surface area contributed by atoms with Crippen LogP contribution in [0, 0.1) is 12.7 Å². The average Bonchev–Trinajstić information content (AvgIpc) is 3.07. The third-order valence-corrected chi connectivity index (χ3v) is 3.22. The first kappa shape index (κ1) is 13.4. The van der Waals surface area contributed by atoms with Gasteiger partial charge in [0, 0.05) is 24.4 Å². The Morgan fingerprint density at radius 3 is 2.86 bits per heavy atom. The third kappa shape index (κ3) is 2.55. The highest BCUT2D eigenvalue weighted by molar-refractivity contribution is 5.59. The van der Waals surface area contributed by atoms with E-state index in [9.17, 15) is 4.39 Å². The van der Waals surface area contributed by atoms with E-state index >= 15 is 0 Å². The van der Waals surface area contributed by atoms with Crippen LogP contribution < -0.4 is 5.73 Å². The summed E-state index contributed by atoms with van der Waals surface area (Å²) in [5.41, 5.74) is 8.30. The van der Waals surface area contributed by atoms with Gasteiger partial charge in [-0.2, -0.15) is 10.1 Å². The fourth-order valence-corrected chi connectivity index (χ4v) is 2.09. The maximum absolute atomic E-state index is 13.1. The van der Waals surface area contributed by atoms with Crippen molar-refractivity contribution in [1.82, 2.24) is 19.9 Å². The Morgan fingerprint density at radius 2 is 2.19 bits per heavy atom. The molecular weight excluding hydrogens is 273 g/mol. The van der Waals surface area contributed by atoms with Crippen molar-refractivity contribution in [2.75, 3.05) is 0 Å². The molecule has 0 aliphatic carbocycles. The molecule has 0 saturated heterocycles. The summed E-state index contributed by atoms with van der Waals surface area (Å²) in [4.78, 5) is 4.29. The molecule has 0 radical (unpaired) electrons. The van der Waals surface area contributed by atoms with Gasteiger partial charge in [0.25, 0.3) is 0 Å². The van der Waals surface area contributed by atoms with Gasteiger partial charge in [0.1, 0.15) is 11.9 Å². The van der Waals surface area contributed by atoms with E-state index in [0.717, 1.165) is 11.1 Å². The fourth-order valence-electron chi connectivity index (χ4n) is 2.09. The van der Waals surface area contributed by atoms with Gasteiger partial charge >= 0.3 is 0 Å². The molecule has 2 N–H and O–H groups in total. The highest BCUT2D eigenvalue weighted by atomic mass is 19.1. The van der Waals surface area contributed by atoms with Gasteiger partial charge in [-0.3, -0.25) is 4.68 Å². The average molecular weight is 287 g/mol. The second kappa shape index (κ2) is 5.10. The van der Waals surface area contributed by atoms with Gasteiger partial charge < -0.3 is 10.3 Å². The first-order valence-electron chi connectivity index (χ1n) is 6.39. The van der Waals surface area contributed by atoms with E-state index in [0.29, 0.717) is 17.3 Å². The minimum absolute atomic E-state index is 0.293. The lowest BCUT2D eigenvalue weighted by Crippen LogP contribution is -2.11. The van der Waals surface area contributed by atoms with Crippen LogP contribution in [0.15, 0.2) is 35.1 Å². The molecule has 0 aliphatic heterocycles. The zero-order valence-corrected chi connectivity index (χ0v) is 11.6. The Balaban J connectivity index is 1.92. The third-order valence-electron chi connectivity index (χ3n) is 3.22. The lowest BCUT2D eigenvalue weighted by Gasteiger charge is -2.02. The van der Waals surface area contributed by atoms with E-state index in [1.54, 1.807) is 37.1 Å². The van der Waals surface area contributed by atoms with Crippen molar-refractivity contribution < 1.29 is 8.91 Å². The summed E-state index contributed by atoms with van der Waals surface area (Å²) >= 11 is 0. The van der Waals surface area contributed by atoms with E-state index in [1.165, 1.54) is 12.1 Å². The van der Waals surface area contributed by atoms with Crippen molar-refractivity contribution in [2.45, 2.75) is 13.0 Å². The molecule has 0 spiro atoms. The molecule has 6 nitrogen and oxygen atoms in total. The molecule has 0 fully saturated rings. The number of aromatic nitrogens is 4. The zero-order chi connectivity index (χ0) is 15.0. The minimum atomic E-state index is -0.541. The van der Waals surface area contributed by atoms with Crippen LogP contribution in [0.5, 0.6) is 0 Å². The summed E-state index contributed by atoms with van der Waals surface area (Å²) in [5.74, 6) is 0.385. The Labute approximate surface area is 120 Å². The summed E-state index contributed by atoms with van der Waals surface area (Å²) in [6.07, 6.45) is 3.44. The molecular formula is C14H14FN5O. The second-order valence-electron chi connectivity index (χ2n) is 4.84. The highest BCUT2D eigenvalue weighted by Crippen LogP contribution is 2.24. The van der Waals surface area contributed by atoms with Gasteiger partial charge in [-0.25, -0.2) is 4.39 Å². The summed E-state index contributed by atoms with van der Waals surface area (Å²) in [6, 6.07) is 3.86. The predicted octanol–water partition coefficient (Wildman–Crippen LogP) is 1.97. The van der Waals surface area contributed by atoms with Crippen LogP contribution >= 0.6 is 0 Å². The van der Waals surface area contributed by atoms with E-state index < -0.39 is 6.04 Å². The standard InChI is InChI=1S/C14H14FN5O/c1-8-5-10(15)3-4-11(8)13-18-14(21-19-13)12(16)9-6-17-20(2)7-9/h3-7,12H,16H2,1-2H3. The Morgan fingerprint density at radius 1 is 1.38 bits per heavy atom. The molecule has 2 aromatic heterocycles. The van der Waals surface area contributed by atoms with Gasteiger partial charge in [-0.05, 0) is 30.7 Å². The molecule has 21 heavy (non-hydrogen) atoms. The molecule has 0 saturated carbocycles. The maximum atomic E-state index is 13.1. The molecule has 3 aromatic rings. The van der Waals surface area contributed by atoms with Crippen LogP contribution in [0.3, 0.4) is 0 Å². The summed E-state index contributed by atoms with van der Waals surface area (Å²) in [5, 5.41) is 7.97. The second-order valence-corrected chi connectivity index (χ2v) is 4.84. The number of aryl methyl sites for hydroxylation is 2. The molecule has 0 amide bonds. The summed E-state index contributed by atoms with van der Waals surface area (Å²) in [6.45, 7) is 1.79. The van der Waals surface area contributed by atoms with Gasteiger partial charge in [-0.1, -0.05) is 5.16 Å². The van der Waals surface area contributed by atoms with Crippen LogP contribution in [0.1, 0.15) is 23.1 Å². The normalized spacial score (nSPS) is 12.6. The molecule has 7 heteroatoms. The summed E-state index contributed by atoms with van der Waals surface area (Å²) < 4.78 is 20.0. The van der Waals surface area contributed by atoms with Crippen molar-refractivity contribution in [3.8, 4) is 11.4 Å². The molecule has 0 bridgehead atoms. The maximum Gasteiger partial charge on any atom is 0.248 e. The Kier molecular flexibility index (Phi) is 3.26. The first-order chi connectivity index (χ1) is 10.0. The van der Waals surface area contributed by atoms with E-state index in [4.69, 9.17) is 10.3 Å². The predicted molar refractivity (Wildman–Crippen MR) is 73.7 cm³/mol. The van der Waals surface area contributed by atoms with Gasteiger partial charge in [0.2, 0.25) is 11.7 Å². The molecule has 1 atom stereocenters. The van der Waals surface area contributed by atoms with Gasteiger partial charge in [0.15, 0.2) is 0 Å². The highest BCUT2D eigenvalue weighted by Gasteiger charge is 2.19. The fraction of sp³-hybridized carbons (Fsp3) is 0.214. The topological polar surface area (TPSA) is 82.8 Å². The van der Waals surface area contributed by atoms with Crippen molar-refractivity contribution in [3.63, 3.8) is 0 Å². The largest absolute Gasteiger partial charge is 0.337 e. The van der Waals surface area contributed by atoms with Crippen molar-refractivity contribution in [3.05, 3.63) is 53.4 Å². The van der Waals surface area contributed by atoms with Crippen LogP contribution in [-0.4, -0.2) is 19.9 Å². The lowest BCUT2D eigenvalue weighted by atomic mass is 10.1. The first-order valence-corrected chi connectivity index (χ1v) is 6.39. The van der Waals surface area contributed by atoms with Crippen LogP contribution in [-0.2, 0) is 7.05 Å². The quantitative estimate of drug-likeness (QED) is 0.796. The van der Waals surface area contributed by atoms with Crippen LogP contribution in [0.4, 0.5) is 4.39 Å². The van der Waals surface area contributed by atoms with Crippen molar-refractivity contribution in [1.29, 1.82) is 0 Å². The minimum Gasteiger partial charge on any atom is -0.337 e. The van der Waals surface area contributed by atoms with Crippen LogP contribution in [0.25, 0.3) is 11.4 Å². The number of hydrogen-bond donors (Lipinski definition) is 1. The SMILES string of the molecule is Cc1cc(F)ccc1-c1noc(C(N)c2cnn(C)c2)n1. The number of nitrogens with two attached hydrogens (primary N) is 1. The van der Waals surface area contributed by atoms with E-state index in [2.05, 4.69) is 15.2 Å². The van der Waals surface area contributed by atoms with E-state index in [1.807, 2.05) is 0 Å². The summed E-state index contributed by atoms with van der Waals surface area (Å²) in [7, 11) is 1.80. The molecule has 1 unspecified atom stereocenters. The zero-order valence-electron chi connectivity index (χ0n) is 11.6. The molecule has 0 aliphatic rings.